The highest BCUT2D eigenvalue weighted by molar-refractivity contribution is 14.1. The smallest absolute Gasteiger partial charge is 0.137 e. The van der Waals surface area contributed by atoms with Crippen LogP contribution in [0.3, 0.4) is 0 Å². The zero-order valence-electron chi connectivity index (χ0n) is 5.24. The Morgan fingerprint density at radius 3 is 2.64 bits per heavy atom. The first kappa shape index (κ1) is 8.94. The molecule has 0 atom stereocenters. The summed E-state index contributed by atoms with van der Waals surface area (Å²) in [5, 5.41) is 8.57. The van der Waals surface area contributed by atoms with Crippen LogP contribution in [0, 0.1) is 20.7 Å². The Hall–Kier alpha value is -0.150. The summed E-state index contributed by atoms with van der Waals surface area (Å²) in [5.74, 6) is -0.356. The minimum absolute atomic E-state index is 0.352. The molecule has 1 nitrogen and oxygen atoms in total. The Morgan fingerprint density at radius 2 is 2.18 bits per heavy atom. The standard InChI is InChI=1S/C7H2BrFIN/c8-5-1-2-6(9)7(10)4(5)3-11/h1-2H. The van der Waals surface area contributed by atoms with Crippen LogP contribution in [0.1, 0.15) is 5.56 Å². The van der Waals surface area contributed by atoms with Crippen molar-refractivity contribution in [1.29, 1.82) is 5.26 Å². The van der Waals surface area contributed by atoms with Crippen LogP contribution in [0.15, 0.2) is 16.6 Å². The Morgan fingerprint density at radius 1 is 1.55 bits per heavy atom. The number of benzene rings is 1. The molecule has 1 aromatic rings. The fraction of sp³-hybridized carbons (Fsp3) is 0. The third-order valence-electron chi connectivity index (χ3n) is 1.16. The van der Waals surface area contributed by atoms with Gasteiger partial charge in [0.25, 0.3) is 0 Å². The maximum Gasteiger partial charge on any atom is 0.137 e. The molecule has 0 unspecified atom stereocenters. The molecule has 4 heteroatoms. The summed E-state index contributed by atoms with van der Waals surface area (Å²) in [4.78, 5) is 0. The summed E-state index contributed by atoms with van der Waals surface area (Å²) < 4.78 is 13.8. The predicted octanol–water partition coefficient (Wildman–Crippen LogP) is 3.06. The lowest BCUT2D eigenvalue weighted by molar-refractivity contribution is 0.619. The molecule has 0 saturated heterocycles. The lowest BCUT2D eigenvalue weighted by Crippen LogP contribution is -1.88. The van der Waals surface area contributed by atoms with Gasteiger partial charge < -0.3 is 0 Å². The zero-order valence-corrected chi connectivity index (χ0v) is 8.98. The minimum Gasteiger partial charge on any atom is -0.206 e. The molecule has 0 radical (unpaired) electrons. The number of hydrogen-bond donors (Lipinski definition) is 0. The monoisotopic (exact) mass is 325 g/mol. The second-order valence-corrected chi connectivity index (χ2v) is 3.76. The van der Waals surface area contributed by atoms with Gasteiger partial charge in [-0.05, 0) is 50.7 Å². The van der Waals surface area contributed by atoms with E-state index in [9.17, 15) is 4.39 Å². The van der Waals surface area contributed by atoms with Crippen LogP contribution in [0.4, 0.5) is 4.39 Å². The van der Waals surface area contributed by atoms with Crippen molar-refractivity contribution in [3.63, 3.8) is 0 Å². The summed E-state index contributed by atoms with van der Waals surface area (Å²) in [6.07, 6.45) is 0. The number of halogens is 3. The highest BCUT2D eigenvalue weighted by Crippen LogP contribution is 2.23. The average molecular weight is 326 g/mol. The van der Waals surface area contributed by atoms with E-state index in [0.29, 0.717) is 13.6 Å². The lowest BCUT2D eigenvalue weighted by Gasteiger charge is -1.98. The molecule has 56 valence electrons. The van der Waals surface area contributed by atoms with Crippen LogP contribution >= 0.6 is 38.5 Å². The second kappa shape index (κ2) is 3.50. The molecule has 0 aromatic heterocycles. The second-order valence-electron chi connectivity index (χ2n) is 1.83. The highest BCUT2D eigenvalue weighted by Gasteiger charge is 2.07. The maximum atomic E-state index is 12.8. The fourth-order valence-corrected chi connectivity index (χ4v) is 2.01. The van der Waals surface area contributed by atoms with Gasteiger partial charge in [-0.3, -0.25) is 0 Å². The van der Waals surface area contributed by atoms with Gasteiger partial charge in [0.05, 0.1) is 9.13 Å². The van der Waals surface area contributed by atoms with Gasteiger partial charge in [0.1, 0.15) is 11.9 Å². The largest absolute Gasteiger partial charge is 0.206 e. The lowest BCUT2D eigenvalue weighted by atomic mass is 10.2. The molecule has 0 heterocycles. The number of rotatable bonds is 0. The molecule has 1 rings (SSSR count). The van der Waals surface area contributed by atoms with Crippen molar-refractivity contribution in [3.05, 3.63) is 31.6 Å². The summed E-state index contributed by atoms with van der Waals surface area (Å²) in [7, 11) is 0. The molecule has 0 aliphatic rings. The number of nitriles is 1. The fourth-order valence-electron chi connectivity index (χ4n) is 0.630. The molecule has 0 N–H and O–H groups in total. The minimum atomic E-state index is -0.356. The molecule has 11 heavy (non-hydrogen) atoms. The Kier molecular flexibility index (Phi) is 2.84. The van der Waals surface area contributed by atoms with E-state index >= 15 is 0 Å². The molecule has 0 saturated carbocycles. The van der Waals surface area contributed by atoms with Crippen LogP contribution < -0.4 is 0 Å². The molecular weight excluding hydrogens is 324 g/mol. The molecule has 0 fully saturated rings. The first-order valence-corrected chi connectivity index (χ1v) is 4.57. The summed E-state index contributed by atoms with van der Waals surface area (Å²) >= 11 is 4.95. The highest BCUT2D eigenvalue weighted by atomic mass is 127. The molecule has 0 spiro atoms. The van der Waals surface area contributed by atoms with Crippen molar-refractivity contribution in [3.8, 4) is 6.07 Å². The van der Waals surface area contributed by atoms with Gasteiger partial charge in [-0.1, -0.05) is 0 Å². The van der Waals surface area contributed by atoms with E-state index in [1.54, 1.807) is 22.6 Å². The van der Waals surface area contributed by atoms with Crippen molar-refractivity contribution in [2.24, 2.45) is 0 Å². The van der Waals surface area contributed by atoms with Crippen molar-refractivity contribution in [1.82, 2.24) is 0 Å². The van der Waals surface area contributed by atoms with Gasteiger partial charge >= 0.3 is 0 Å². The Bertz CT molecular complexity index is 332. The Balaban J connectivity index is 3.44. The first-order valence-electron chi connectivity index (χ1n) is 2.70. The first-order chi connectivity index (χ1) is 5.16. The topological polar surface area (TPSA) is 23.8 Å². The SMILES string of the molecule is N#Cc1c(Br)ccc(F)c1I. The predicted molar refractivity (Wildman–Crippen MR) is 51.5 cm³/mol. The van der Waals surface area contributed by atoms with Crippen molar-refractivity contribution < 1.29 is 4.39 Å². The van der Waals surface area contributed by atoms with Crippen LogP contribution in [0.25, 0.3) is 0 Å². The zero-order chi connectivity index (χ0) is 8.43. The van der Waals surface area contributed by atoms with E-state index in [4.69, 9.17) is 5.26 Å². The van der Waals surface area contributed by atoms with Crippen molar-refractivity contribution >= 4 is 38.5 Å². The van der Waals surface area contributed by atoms with Crippen LogP contribution in [0.2, 0.25) is 0 Å². The van der Waals surface area contributed by atoms with Crippen molar-refractivity contribution in [2.75, 3.05) is 0 Å². The van der Waals surface area contributed by atoms with Crippen LogP contribution in [-0.2, 0) is 0 Å². The normalized spacial score (nSPS) is 9.27. The van der Waals surface area contributed by atoms with Gasteiger partial charge in [-0.25, -0.2) is 4.39 Å². The van der Waals surface area contributed by atoms with E-state index in [-0.39, 0.29) is 5.82 Å². The summed E-state index contributed by atoms with van der Waals surface area (Å²) in [6.45, 7) is 0. The molecule has 0 bridgehead atoms. The molecular formula is C7H2BrFIN. The number of hydrogen-bond acceptors (Lipinski definition) is 1. The van der Waals surface area contributed by atoms with Crippen molar-refractivity contribution in [2.45, 2.75) is 0 Å². The number of nitrogens with zero attached hydrogens (tertiary/aromatic N) is 1. The van der Waals surface area contributed by atoms with Gasteiger partial charge in [0.15, 0.2) is 0 Å². The summed E-state index contributed by atoms with van der Waals surface area (Å²) in [5.41, 5.74) is 0.352. The Labute approximate surface area is 85.5 Å². The molecule has 1 aromatic carbocycles. The van der Waals surface area contributed by atoms with E-state index in [1.807, 2.05) is 6.07 Å². The van der Waals surface area contributed by atoms with Crippen LogP contribution in [0.5, 0.6) is 0 Å². The van der Waals surface area contributed by atoms with E-state index in [2.05, 4.69) is 15.9 Å². The molecule has 0 aliphatic carbocycles. The van der Waals surface area contributed by atoms with Gasteiger partial charge in [-0.15, -0.1) is 0 Å². The summed E-state index contributed by atoms with van der Waals surface area (Å²) in [6, 6.07) is 4.76. The van der Waals surface area contributed by atoms with Crippen LogP contribution in [-0.4, -0.2) is 0 Å². The maximum absolute atomic E-state index is 12.8. The van der Waals surface area contributed by atoms with Gasteiger partial charge in [0, 0.05) is 4.47 Å². The van der Waals surface area contributed by atoms with E-state index < -0.39 is 0 Å². The third-order valence-corrected chi connectivity index (χ3v) is 2.87. The molecule has 0 amide bonds. The van der Waals surface area contributed by atoms with Gasteiger partial charge in [-0.2, -0.15) is 5.26 Å². The van der Waals surface area contributed by atoms with Gasteiger partial charge in [0.2, 0.25) is 0 Å². The molecule has 0 aliphatic heterocycles. The van der Waals surface area contributed by atoms with E-state index in [0.717, 1.165) is 0 Å². The third kappa shape index (κ3) is 1.71. The quantitative estimate of drug-likeness (QED) is 0.531. The average Bonchev–Trinajstić information content (AvgIpc) is 1.99. The van der Waals surface area contributed by atoms with E-state index in [1.165, 1.54) is 12.1 Å².